The molecule has 0 aliphatic rings. The summed E-state index contributed by atoms with van der Waals surface area (Å²) < 4.78 is 5.49. The molecule has 4 nitrogen and oxygen atoms in total. The van der Waals surface area contributed by atoms with Crippen molar-refractivity contribution < 1.29 is 9.66 Å². The van der Waals surface area contributed by atoms with Crippen molar-refractivity contribution in [2.24, 2.45) is 0 Å². The Morgan fingerprint density at radius 1 is 1.39 bits per heavy atom. The lowest BCUT2D eigenvalue weighted by molar-refractivity contribution is -0.384. The average Bonchev–Trinajstić information content (AvgIpc) is 2.81. The van der Waals surface area contributed by atoms with E-state index < -0.39 is 4.92 Å². The zero-order valence-electron chi connectivity index (χ0n) is 9.34. The van der Waals surface area contributed by atoms with Gasteiger partial charge in [-0.25, -0.2) is 0 Å². The van der Waals surface area contributed by atoms with Gasteiger partial charge in [0, 0.05) is 23.4 Å². The summed E-state index contributed by atoms with van der Waals surface area (Å²) >= 11 is 7.46. The number of nitro groups is 1. The van der Waals surface area contributed by atoms with Crippen LogP contribution in [0.25, 0.3) is 0 Å². The van der Waals surface area contributed by atoms with Crippen molar-refractivity contribution in [3.05, 3.63) is 55.7 Å². The highest BCUT2D eigenvalue weighted by atomic mass is 35.5. The maximum atomic E-state index is 10.6. The third kappa shape index (κ3) is 3.21. The molecule has 1 aromatic heterocycles. The number of halogens is 1. The van der Waals surface area contributed by atoms with Gasteiger partial charge in [-0.3, -0.25) is 10.1 Å². The molecular formula is C12H10ClNO3S. The summed E-state index contributed by atoms with van der Waals surface area (Å²) in [4.78, 5) is 11.3. The molecule has 2 rings (SSSR count). The van der Waals surface area contributed by atoms with E-state index in [0.29, 0.717) is 12.4 Å². The summed E-state index contributed by atoms with van der Waals surface area (Å²) in [5, 5.41) is 12.7. The largest absolute Gasteiger partial charge is 0.493 e. The van der Waals surface area contributed by atoms with E-state index in [-0.39, 0.29) is 10.7 Å². The standard InChI is InChI=1S/C12H10ClNO3S/c13-11-8-9(3-4-12(11)14(15)16)17-6-5-10-2-1-7-18-10/h1-4,7-8H,5-6H2. The quantitative estimate of drug-likeness (QED) is 0.617. The SMILES string of the molecule is O=[N+]([O-])c1ccc(OCCc2cccs2)cc1Cl. The molecule has 18 heavy (non-hydrogen) atoms. The lowest BCUT2D eigenvalue weighted by Crippen LogP contribution is -2.00. The van der Waals surface area contributed by atoms with E-state index in [4.69, 9.17) is 16.3 Å². The van der Waals surface area contributed by atoms with Crippen LogP contribution in [0.15, 0.2) is 35.7 Å². The second-order valence-electron chi connectivity index (χ2n) is 3.55. The van der Waals surface area contributed by atoms with Gasteiger partial charge >= 0.3 is 0 Å². The first-order valence-electron chi connectivity index (χ1n) is 5.26. The molecule has 0 radical (unpaired) electrons. The Morgan fingerprint density at radius 3 is 2.83 bits per heavy atom. The summed E-state index contributed by atoms with van der Waals surface area (Å²) in [5.74, 6) is 0.544. The summed E-state index contributed by atoms with van der Waals surface area (Å²) in [6.07, 6.45) is 0.812. The molecule has 0 fully saturated rings. The summed E-state index contributed by atoms with van der Waals surface area (Å²) in [6, 6.07) is 8.40. The molecule has 0 N–H and O–H groups in total. The van der Waals surface area contributed by atoms with E-state index in [0.717, 1.165) is 6.42 Å². The Balaban J connectivity index is 1.94. The molecule has 2 aromatic rings. The maximum Gasteiger partial charge on any atom is 0.288 e. The Labute approximate surface area is 113 Å². The zero-order chi connectivity index (χ0) is 13.0. The first kappa shape index (κ1) is 12.9. The third-order valence-electron chi connectivity index (χ3n) is 2.31. The van der Waals surface area contributed by atoms with Crippen molar-refractivity contribution in [3.63, 3.8) is 0 Å². The summed E-state index contributed by atoms with van der Waals surface area (Å²) in [5.41, 5.74) is -0.109. The minimum Gasteiger partial charge on any atom is -0.493 e. The van der Waals surface area contributed by atoms with Crippen LogP contribution in [0.5, 0.6) is 5.75 Å². The molecule has 6 heteroatoms. The number of hydrogen-bond donors (Lipinski definition) is 0. The predicted molar refractivity (Wildman–Crippen MR) is 71.6 cm³/mol. The van der Waals surface area contributed by atoms with Gasteiger partial charge in [0.1, 0.15) is 10.8 Å². The van der Waals surface area contributed by atoms with Crippen molar-refractivity contribution in [2.75, 3.05) is 6.61 Å². The van der Waals surface area contributed by atoms with Crippen molar-refractivity contribution in [1.82, 2.24) is 0 Å². The molecule has 0 unspecified atom stereocenters. The first-order valence-corrected chi connectivity index (χ1v) is 6.51. The van der Waals surface area contributed by atoms with E-state index in [1.165, 1.54) is 17.0 Å². The van der Waals surface area contributed by atoms with Gasteiger partial charge in [-0.15, -0.1) is 11.3 Å². The Kier molecular flexibility index (Phi) is 4.17. The first-order chi connectivity index (χ1) is 8.66. The van der Waals surface area contributed by atoms with E-state index in [9.17, 15) is 10.1 Å². The van der Waals surface area contributed by atoms with Gasteiger partial charge in [-0.1, -0.05) is 17.7 Å². The van der Waals surface area contributed by atoms with Crippen LogP contribution in [0.2, 0.25) is 5.02 Å². The van der Waals surface area contributed by atoms with Gasteiger partial charge in [0.05, 0.1) is 11.5 Å². The Bertz CT molecular complexity index is 542. The lowest BCUT2D eigenvalue weighted by atomic mass is 10.3. The van der Waals surface area contributed by atoms with Crippen LogP contribution in [-0.2, 0) is 6.42 Å². The lowest BCUT2D eigenvalue weighted by Gasteiger charge is -2.05. The van der Waals surface area contributed by atoms with Crippen LogP contribution in [0, 0.1) is 10.1 Å². The van der Waals surface area contributed by atoms with Crippen LogP contribution < -0.4 is 4.74 Å². The van der Waals surface area contributed by atoms with Gasteiger partial charge in [-0.05, 0) is 17.5 Å². The molecule has 0 amide bonds. The summed E-state index contributed by atoms with van der Waals surface area (Å²) in [7, 11) is 0. The monoisotopic (exact) mass is 283 g/mol. The van der Waals surface area contributed by atoms with Gasteiger partial charge < -0.3 is 4.74 Å². The fourth-order valence-corrected chi connectivity index (χ4v) is 2.38. The fraction of sp³-hybridized carbons (Fsp3) is 0.167. The Hall–Kier alpha value is -1.59. The number of rotatable bonds is 5. The number of benzene rings is 1. The van der Waals surface area contributed by atoms with Crippen LogP contribution in [0.1, 0.15) is 4.88 Å². The van der Waals surface area contributed by atoms with E-state index >= 15 is 0 Å². The highest BCUT2D eigenvalue weighted by molar-refractivity contribution is 7.09. The molecule has 94 valence electrons. The second kappa shape index (κ2) is 5.84. The smallest absolute Gasteiger partial charge is 0.288 e. The van der Waals surface area contributed by atoms with Crippen LogP contribution in [-0.4, -0.2) is 11.5 Å². The fourth-order valence-electron chi connectivity index (χ4n) is 1.45. The minimum atomic E-state index is -0.516. The second-order valence-corrected chi connectivity index (χ2v) is 4.99. The molecule has 1 heterocycles. The molecule has 0 atom stereocenters. The normalized spacial score (nSPS) is 10.3. The van der Waals surface area contributed by atoms with E-state index in [1.807, 2.05) is 17.5 Å². The van der Waals surface area contributed by atoms with Gasteiger partial charge in [-0.2, -0.15) is 0 Å². The van der Waals surface area contributed by atoms with Crippen molar-refractivity contribution in [1.29, 1.82) is 0 Å². The van der Waals surface area contributed by atoms with Crippen LogP contribution in [0.3, 0.4) is 0 Å². The van der Waals surface area contributed by atoms with Crippen LogP contribution in [0.4, 0.5) is 5.69 Å². The molecule has 1 aromatic carbocycles. The third-order valence-corrected chi connectivity index (χ3v) is 3.55. The number of thiophene rings is 1. The number of nitro benzene ring substituents is 1. The van der Waals surface area contributed by atoms with Crippen LogP contribution >= 0.6 is 22.9 Å². The highest BCUT2D eigenvalue weighted by Gasteiger charge is 2.12. The highest BCUT2D eigenvalue weighted by Crippen LogP contribution is 2.28. The van der Waals surface area contributed by atoms with Crippen molar-refractivity contribution in [2.45, 2.75) is 6.42 Å². The molecule has 0 saturated carbocycles. The molecule has 0 aliphatic heterocycles. The predicted octanol–water partition coefficient (Wildman–Crippen LogP) is 3.93. The molecular weight excluding hydrogens is 274 g/mol. The van der Waals surface area contributed by atoms with Gasteiger partial charge in [0.25, 0.3) is 5.69 Å². The number of nitrogens with zero attached hydrogens (tertiary/aromatic N) is 1. The average molecular weight is 284 g/mol. The molecule has 0 spiro atoms. The number of ether oxygens (including phenoxy) is 1. The molecule has 0 bridgehead atoms. The topological polar surface area (TPSA) is 52.4 Å². The van der Waals surface area contributed by atoms with Crippen molar-refractivity contribution >= 4 is 28.6 Å². The van der Waals surface area contributed by atoms with Gasteiger partial charge in [0.2, 0.25) is 0 Å². The van der Waals surface area contributed by atoms with E-state index in [1.54, 1.807) is 17.4 Å². The van der Waals surface area contributed by atoms with Crippen molar-refractivity contribution in [3.8, 4) is 5.75 Å². The number of hydrogen-bond acceptors (Lipinski definition) is 4. The van der Waals surface area contributed by atoms with E-state index in [2.05, 4.69) is 0 Å². The maximum absolute atomic E-state index is 10.6. The minimum absolute atomic E-state index is 0.0913. The summed E-state index contributed by atoms with van der Waals surface area (Å²) in [6.45, 7) is 0.522. The van der Waals surface area contributed by atoms with Gasteiger partial charge in [0.15, 0.2) is 0 Å². The molecule has 0 saturated heterocycles. The molecule has 0 aliphatic carbocycles. The zero-order valence-corrected chi connectivity index (χ0v) is 10.9. The Morgan fingerprint density at radius 2 is 2.22 bits per heavy atom.